The first-order valence-corrected chi connectivity index (χ1v) is 9.63. The number of amides is 1. The highest BCUT2D eigenvalue weighted by Crippen LogP contribution is 2.31. The Bertz CT molecular complexity index is 886. The standard InChI is InChI=1S/C19H24N4O2S/c1-11(2)8-14-10-26-19-16(14)17(22-13(4)23-19)21-12(3)18(24)20-9-15-6-5-7-25-15/h5-7,10-12H,8-9H2,1-4H3,(H,20,24)(H,21,22,23). The number of nitrogens with one attached hydrogen (secondary N) is 2. The molecule has 26 heavy (non-hydrogen) atoms. The average molecular weight is 372 g/mol. The number of furan rings is 1. The first kappa shape index (κ1) is 18.4. The van der Waals surface area contributed by atoms with E-state index < -0.39 is 6.04 Å². The van der Waals surface area contributed by atoms with Crippen molar-refractivity contribution in [1.82, 2.24) is 15.3 Å². The van der Waals surface area contributed by atoms with Gasteiger partial charge in [0.15, 0.2) is 0 Å². The lowest BCUT2D eigenvalue weighted by Crippen LogP contribution is -2.37. The lowest BCUT2D eigenvalue weighted by molar-refractivity contribution is -0.121. The van der Waals surface area contributed by atoms with Crippen LogP contribution in [0.4, 0.5) is 5.82 Å². The molecule has 0 saturated heterocycles. The van der Waals surface area contributed by atoms with Crippen LogP contribution in [0.25, 0.3) is 10.2 Å². The Morgan fingerprint density at radius 2 is 2.12 bits per heavy atom. The molecule has 3 aromatic heterocycles. The van der Waals surface area contributed by atoms with Crippen molar-refractivity contribution in [3.05, 3.63) is 40.9 Å². The van der Waals surface area contributed by atoms with E-state index in [0.29, 0.717) is 18.3 Å². The zero-order valence-electron chi connectivity index (χ0n) is 15.5. The molecule has 1 atom stereocenters. The lowest BCUT2D eigenvalue weighted by atomic mass is 10.0. The fraction of sp³-hybridized carbons (Fsp3) is 0.421. The van der Waals surface area contributed by atoms with E-state index >= 15 is 0 Å². The minimum Gasteiger partial charge on any atom is -0.467 e. The maximum Gasteiger partial charge on any atom is 0.242 e. The van der Waals surface area contributed by atoms with Crippen molar-refractivity contribution in [2.75, 3.05) is 5.32 Å². The molecule has 0 fully saturated rings. The van der Waals surface area contributed by atoms with Crippen molar-refractivity contribution in [1.29, 1.82) is 0 Å². The summed E-state index contributed by atoms with van der Waals surface area (Å²) in [7, 11) is 0. The molecule has 6 nitrogen and oxygen atoms in total. The summed E-state index contributed by atoms with van der Waals surface area (Å²) < 4.78 is 5.24. The quantitative estimate of drug-likeness (QED) is 0.657. The molecular formula is C19H24N4O2S. The van der Waals surface area contributed by atoms with Gasteiger partial charge in [-0.25, -0.2) is 9.97 Å². The molecule has 0 aliphatic rings. The number of fused-ring (bicyclic) bond motifs is 1. The second-order valence-corrected chi connectivity index (χ2v) is 7.68. The molecule has 1 unspecified atom stereocenters. The van der Waals surface area contributed by atoms with Gasteiger partial charge in [0.2, 0.25) is 5.91 Å². The van der Waals surface area contributed by atoms with Crippen LogP contribution in [0.15, 0.2) is 28.2 Å². The minimum absolute atomic E-state index is 0.105. The third-order valence-electron chi connectivity index (χ3n) is 4.01. The molecule has 0 aliphatic carbocycles. The topological polar surface area (TPSA) is 80.0 Å². The SMILES string of the molecule is Cc1nc(NC(C)C(=O)NCc2ccco2)c2c(CC(C)C)csc2n1. The first-order chi connectivity index (χ1) is 12.4. The van der Waals surface area contributed by atoms with Crippen molar-refractivity contribution in [3.8, 4) is 0 Å². The number of hydrogen-bond donors (Lipinski definition) is 2. The Kier molecular flexibility index (Phi) is 5.56. The summed E-state index contributed by atoms with van der Waals surface area (Å²) in [6.07, 6.45) is 2.55. The Morgan fingerprint density at radius 3 is 2.81 bits per heavy atom. The second-order valence-electron chi connectivity index (χ2n) is 6.82. The number of anilines is 1. The van der Waals surface area contributed by atoms with E-state index in [1.165, 1.54) is 5.56 Å². The van der Waals surface area contributed by atoms with Crippen LogP contribution in [-0.4, -0.2) is 21.9 Å². The van der Waals surface area contributed by atoms with Gasteiger partial charge >= 0.3 is 0 Å². The maximum atomic E-state index is 12.4. The Morgan fingerprint density at radius 1 is 1.31 bits per heavy atom. The van der Waals surface area contributed by atoms with Crippen molar-refractivity contribution >= 4 is 33.3 Å². The van der Waals surface area contributed by atoms with Crippen molar-refractivity contribution < 1.29 is 9.21 Å². The van der Waals surface area contributed by atoms with Gasteiger partial charge in [0.25, 0.3) is 0 Å². The van der Waals surface area contributed by atoms with E-state index in [2.05, 4.69) is 39.8 Å². The molecule has 0 aliphatic heterocycles. The molecule has 3 rings (SSSR count). The van der Waals surface area contributed by atoms with Crippen LogP contribution in [-0.2, 0) is 17.8 Å². The number of carbonyl (C=O) groups is 1. The van der Waals surface area contributed by atoms with Gasteiger partial charge in [-0.1, -0.05) is 13.8 Å². The average Bonchev–Trinajstić information content (AvgIpc) is 3.22. The van der Waals surface area contributed by atoms with E-state index in [4.69, 9.17) is 4.42 Å². The number of nitrogens with zero attached hydrogens (tertiary/aromatic N) is 2. The van der Waals surface area contributed by atoms with Gasteiger partial charge in [0.05, 0.1) is 18.2 Å². The van der Waals surface area contributed by atoms with E-state index in [1.54, 1.807) is 23.7 Å². The fourth-order valence-corrected chi connectivity index (χ4v) is 3.81. The number of thiophene rings is 1. The van der Waals surface area contributed by atoms with Gasteiger partial charge in [0.1, 0.15) is 28.3 Å². The molecule has 138 valence electrons. The highest BCUT2D eigenvalue weighted by atomic mass is 32.1. The summed E-state index contributed by atoms with van der Waals surface area (Å²) in [4.78, 5) is 22.5. The van der Waals surface area contributed by atoms with Crippen LogP contribution in [0.1, 0.15) is 37.9 Å². The van der Waals surface area contributed by atoms with Crippen LogP contribution in [0.3, 0.4) is 0 Å². The van der Waals surface area contributed by atoms with Gasteiger partial charge in [-0.05, 0) is 49.3 Å². The molecule has 3 heterocycles. The molecule has 0 saturated carbocycles. The van der Waals surface area contributed by atoms with Crippen molar-refractivity contribution in [2.45, 2.75) is 46.7 Å². The van der Waals surface area contributed by atoms with Crippen molar-refractivity contribution in [2.24, 2.45) is 5.92 Å². The molecule has 0 aromatic carbocycles. The summed E-state index contributed by atoms with van der Waals surface area (Å²) in [6.45, 7) is 8.45. The van der Waals surface area contributed by atoms with Crippen LogP contribution in [0.2, 0.25) is 0 Å². The minimum atomic E-state index is -0.422. The largest absolute Gasteiger partial charge is 0.467 e. The smallest absolute Gasteiger partial charge is 0.242 e. The molecule has 7 heteroatoms. The van der Waals surface area contributed by atoms with Gasteiger partial charge in [-0.2, -0.15) is 0 Å². The maximum absolute atomic E-state index is 12.4. The van der Waals surface area contributed by atoms with Crippen LogP contribution < -0.4 is 10.6 Å². The van der Waals surface area contributed by atoms with Gasteiger partial charge < -0.3 is 15.1 Å². The molecule has 0 spiro atoms. The molecule has 1 amide bonds. The summed E-state index contributed by atoms with van der Waals surface area (Å²) >= 11 is 1.62. The van der Waals surface area contributed by atoms with Crippen LogP contribution >= 0.6 is 11.3 Å². The third-order valence-corrected chi connectivity index (χ3v) is 4.93. The van der Waals surface area contributed by atoms with Gasteiger partial charge in [0, 0.05) is 0 Å². The van der Waals surface area contributed by atoms with Crippen LogP contribution in [0.5, 0.6) is 0 Å². The number of rotatable bonds is 7. The second kappa shape index (κ2) is 7.86. The van der Waals surface area contributed by atoms with E-state index in [1.807, 2.05) is 19.9 Å². The number of hydrogen-bond acceptors (Lipinski definition) is 6. The summed E-state index contributed by atoms with van der Waals surface area (Å²) in [5.41, 5.74) is 1.23. The predicted octanol–water partition coefficient (Wildman–Crippen LogP) is 3.91. The molecule has 0 radical (unpaired) electrons. The molecule has 0 bridgehead atoms. The van der Waals surface area contributed by atoms with Crippen LogP contribution in [0, 0.1) is 12.8 Å². The normalized spacial score (nSPS) is 12.5. The Balaban J connectivity index is 1.78. The third kappa shape index (κ3) is 4.22. The molecule has 3 aromatic rings. The Hall–Kier alpha value is -2.41. The zero-order chi connectivity index (χ0) is 18.7. The zero-order valence-corrected chi connectivity index (χ0v) is 16.3. The predicted molar refractivity (Wildman–Crippen MR) is 104 cm³/mol. The van der Waals surface area contributed by atoms with E-state index in [9.17, 15) is 4.79 Å². The molecule has 2 N–H and O–H groups in total. The summed E-state index contributed by atoms with van der Waals surface area (Å²) in [6, 6.07) is 3.21. The highest BCUT2D eigenvalue weighted by Gasteiger charge is 2.18. The number of aryl methyl sites for hydroxylation is 1. The number of carbonyl (C=O) groups excluding carboxylic acids is 1. The monoisotopic (exact) mass is 372 g/mol. The van der Waals surface area contributed by atoms with Crippen molar-refractivity contribution in [3.63, 3.8) is 0 Å². The molecular weight excluding hydrogens is 348 g/mol. The van der Waals surface area contributed by atoms with E-state index in [-0.39, 0.29) is 5.91 Å². The summed E-state index contributed by atoms with van der Waals surface area (Å²) in [5, 5.41) is 9.31. The number of aromatic nitrogens is 2. The lowest BCUT2D eigenvalue weighted by Gasteiger charge is -2.16. The Labute approximate surface area is 157 Å². The first-order valence-electron chi connectivity index (χ1n) is 8.75. The van der Waals surface area contributed by atoms with Gasteiger partial charge in [-0.3, -0.25) is 4.79 Å². The van der Waals surface area contributed by atoms with E-state index in [0.717, 1.165) is 28.2 Å². The van der Waals surface area contributed by atoms with Gasteiger partial charge in [-0.15, -0.1) is 11.3 Å². The fourth-order valence-electron chi connectivity index (χ4n) is 2.81. The highest BCUT2D eigenvalue weighted by molar-refractivity contribution is 7.17. The summed E-state index contributed by atoms with van der Waals surface area (Å²) in [5.74, 6) is 2.58.